The zero-order valence-electron chi connectivity index (χ0n) is 13.8. The van der Waals surface area contributed by atoms with Crippen molar-refractivity contribution in [1.82, 2.24) is 0 Å². The first-order valence-electron chi connectivity index (χ1n) is 9.24. The molecule has 1 aliphatic heterocycles. The molecule has 0 bridgehead atoms. The van der Waals surface area contributed by atoms with Gasteiger partial charge in [0.25, 0.3) is 0 Å². The fraction of sp³-hybridized carbons (Fsp3) is 0.650. The number of hydrogen-bond donors (Lipinski definition) is 0. The highest BCUT2D eigenvalue weighted by atomic mass is 16.7. The van der Waals surface area contributed by atoms with E-state index in [0.717, 1.165) is 44.1 Å². The van der Waals surface area contributed by atoms with E-state index < -0.39 is 5.60 Å². The summed E-state index contributed by atoms with van der Waals surface area (Å²) in [6, 6.07) is 10.0. The quantitative estimate of drug-likeness (QED) is 0.609. The second-order valence-electron chi connectivity index (χ2n) is 7.37. The average Bonchev–Trinajstić information content (AvgIpc) is 3.26. The van der Waals surface area contributed by atoms with Gasteiger partial charge in [0, 0.05) is 0 Å². The highest BCUT2D eigenvalue weighted by Gasteiger charge is 2.76. The van der Waals surface area contributed by atoms with Crippen molar-refractivity contribution in [3.05, 3.63) is 35.9 Å². The molecule has 1 heterocycles. The van der Waals surface area contributed by atoms with E-state index in [2.05, 4.69) is 0 Å². The molecule has 0 amide bonds. The Morgan fingerprint density at radius 3 is 2.30 bits per heavy atom. The van der Waals surface area contributed by atoms with Crippen LogP contribution in [-0.2, 0) is 19.9 Å². The number of epoxide rings is 1. The molecule has 0 radical (unpaired) electrons. The molecule has 0 aromatic heterocycles. The van der Waals surface area contributed by atoms with Crippen molar-refractivity contribution >= 4 is 5.97 Å². The van der Waals surface area contributed by atoms with Crippen molar-refractivity contribution in [3.63, 3.8) is 0 Å². The van der Waals surface area contributed by atoms with E-state index in [1.54, 1.807) is 0 Å². The van der Waals surface area contributed by atoms with Crippen LogP contribution in [0.1, 0.15) is 69.8 Å². The van der Waals surface area contributed by atoms with Gasteiger partial charge < -0.3 is 9.47 Å². The van der Waals surface area contributed by atoms with Crippen LogP contribution in [0.15, 0.2) is 30.3 Å². The number of rotatable bonds is 3. The summed E-state index contributed by atoms with van der Waals surface area (Å²) in [4.78, 5) is 13.1. The maximum atomic E-state index is 13.1. The van der Waals surface area contributed by atoms with Gasteiger partial charge in [0.15, 0.2) is 0 Å². The molecular weight excluding hydrogens is 288 g/mol. The standard InChI is InChI=1S/C20H26O3/c21-18(22-17-12-6-2-7-13-17)20(16-10-4-1-5-11-16)19(23-20)14-8-3-9-15-19/h1,4-5,10-11,17H,2-3,6-9,12-15H2. The van der Waals surface area contributed by atoms with Gasteiger partial charge in [-0.05, 0) is 44.1 Å². The number of ether oxygens (including phenoxy) is 2. The van der Waals surface area contributed by atoms with Gasteiger partial charge in [-0.3, -0.25) is 0 Å². The fourth-order valence-electron chi connectivity index (χ4n) is 4.60. The molecule has 2 saturated carbocycles. The Morgan fingerprint density at radius 2 is 1.61 bits per heavy atom. The third kappa shape index (κ3) is 2.50. The molecule has 1 unspecified atom stereocenters. The summed E-state index contributed by atoms with van der Waals surface area (Å²) in [6.45, 7) is 0. The molecule has 1 spiro atoms. The lowest BCUT2D eigenvalue weighted by atomic mass is 9.77. The maximum Gasteiger partial charge on any atom is 0.346 e. The van der Waals surface area contributed by atoms with E-state index in [4.69, 9.17) is 9.47 Å². The van der Waals surface area contributed by atoms with Crippen LogP contribution in [0.3, 0.4) is 0 Å². The molecule has 3 nitrogen and oxygen atoms in total. The summed E-state index contributed by atoms with van der Waals surface area (Å²) < 4.78 is 12.2. The monoisotopic (exact) mass is 314 g/mol. The minimum atomic E-state index is -0.841. The number of carbonyl (C=O) groups excluding carboxylic acids is 1. The van der Waals surface area contributed by atoms with E-state index in [1.165, 1.54) is 25.7 Å². The van der Waals surface area contributed by atoms with Crippen molar-refractivity contribution in [2.24, 2.45) is 0 Å². The number of carbonyl (C=O) groups is 1. The Labute approximate surface area is 138 Å². The van der Waals surface area contributed by atoms with Gasteiger partial charge in [-0.2, -0.15) is 0 Å². The van der Waals surface area contributed by atoms with Crippen molar-refractivity contribution in [2.75, 3.05) is 0 Å². The van der Waals surface area contributed by atoms with Crippen LogP contribution in [0.4, 0.5) is 0 Å². The van der Waals surface area contributed by atoms with Crippen LogP contribution in [0.2, 0.25) is 0 Å². The first kappa shape index (κ1) is 15.2. The molecule has 3 heteroatoms. The Kier molecular flexibility index (Phi) is 3.92. The van der Waals surface area contributed by atoms with Crippen LogP contribution in [0.25, 0.3) is 0 Å². The van der Waals surface area contributed by atoms with Gasteiger partial charge in [-0.1, -0.05) is 56.0 Å². The number of benzene rings is 1. The Bertz CT molecular complexity index is 556. The molecule has 1 saturated heterocycles. The summed E-state index contributed by atoms with van der Waals surface area (Å²) in [5.74, 6) is -0.141. The van der Waals surface area contributed by atoms with Crippen molar-refractivity contribution in [3.8, 4) is 0 Å². The lowest BCUT2D eigenvalue weighted by Gasteiger charge is -2.27. The van der Waals surface area contributed by atoms with Gasteiger partial charge in [0.1, 0.15) is 11.7 Å². The highest BCUT2D eigenvalue weighted by Crippen LogP contribution is 2.63. The first-order chi connectivity index (χ1) is 11.3. The lowest BCUT2D eigenvalue weighted by molar-refractivity contribution is -0.157. The average molecular weight is 314 g/mol. The molecule has 4 rings (SSSR count). The van der Waals surface area contributed by atoms with Crippen molar-refractivity contribution in [1.29, 1.82) is 0 Å². The van der Waals surface area contributed by atoms with Crippen molar-refractivity contribution < 1.29 is 14.3 Å². The molecule has 124 valence electrons. The SMILES string of the molecule is O=C(OC1CCCCC1)C1(c2ccccc2)OC12CCCCC2. The third-order valence-corrected chi connectivity index (χ3v) is 5.90. The molecular formula is C20H26O3. The minimum Gasteiger partial charge on any atom is -0.460 e. The van der Waals surface area contributed by atoms with E-state index in [1.807, 2.05) is 30.3 Å². The molecule has 23 heavy (non-hydrogen) atoms. The topological polar surface area (TPSA) is 38.8 Å². The maximum absolute atomic E-state index is 13.1. The smallest absolute Gasteiger partial charge is 0.346 e. The largest absolute Gasteiger partial charge is 0.460 e. The lowest BCUT2D eigenvalue weighted by Crippen LogP contribution is -2.37. The van der Waals surface area contributed by atoms with Gasteiger partial charge in [-0.25, -0.2) is 4.79 Å². The number of esters is 1. The van der Waals surface area contributed by atoms with E-state index in [9.17, 15) is 4.79 Å². The molecule has 1 aromatic carbocycles. The van der Waals surface area contributed by atoms with Crippen LogP contribution >= 0.6 is 0 Å². The van der Waals surface area contributed by atoms with Crippen LogP contribution in [0, 0.1) is 0 Å². The molecule has 3 fully saturated rings. The molecule has 2 aliphatic carbocycles. The van der Waals surface area contributed by atoms with Crippen LogP contribution in [0.5, 0.6) is 0 Å². The Morgan fingerprint density at radius 1 is 0.957 bits per heavy atom. The molecule has 1 aromatic rings. The normalized spacial score (nSPS) is 30.1. The van der Waals surface area contributed by atoms with Gasteiger partial charge >= 0.3 is 5.97 Å². The molecule has 3 aliphatic rings. The minimum absolute atomic E-state index is 0.0849. The predicted octanol–water partition coefficient (Wildman–Crippen LogP) is 4.49. The summed E-state index contributed by atoms with van der Waals surface area (Å²) in [5, 5.41) is 0. The third-order valence-electron chi connectivity index (χ3n) is 5.90. The summed E-state index contributed by atoms with van der Waals surface area (Å²) in [5.41, 5.74) is -0.174. The number of hydrogen-bond acceptors (Lipinski definition) is 3. The molecule has 0 N–H and O–H groups in total. The van der Waals surface area contributed by atoms with E-state index in [0.29, 0.717) is 0 Å². The van der Waals surface area contributed by atoms with E-state index >= 15 is 0 Å². The summed E-state index contributed by atoms with van der Waals surface area (Å²) >= 11 is 0. The molecule has 1 atom stereocenters. The zero-order chi connectivity index (χ0) is 15.8. The van der Waals surface area contributed by atoms with Gasteiger partial charge in [0.05, 0.1) is 0 Å². The van der Waals surface area contributed by atoms with E-state index in [-0.39, 0.29) is 17.7 Å². The second kappa shape index (κ2) is 5.94. The van der Waals surface area contributed by atoms with Crippen LogP contribution in [-0.4, -0.2) is 17.7 Å². The van der Waals surface area contributed by atoms with Gasteiger partial charge in [-0.15, -0.1) is 0 Å². The highest BCUT2D eigenvalue weighted by molar-refractivity contribution is 5.87. The summed E-state index contributed by atoms with van der Waals surface area (Å²) in [6.07, 6.45) is 11.2. The van der Waals surface area contributed by atoms with Crippen molar-refractivity contribution in [2.45, 2.75) is 81.5 Å². The fourth-order valence-corrected chi connectivity index (χ4v) is 4.60. The first-order valence-corrected chi connectivity index (χ1v) is 9.24. The summed E-state index contributed by atoms with van der Waals surface area (Å²) in [7, 11) is 0. The Hall–Kier alpha value is -1.35. The van der Waals surface area contributed by atoms with Gasteiger partial charge in [0.2, 0.25) is 5.60 Å². The van der Waals surface area contributed by atoms with Crippen LogP contribution < -0.4 is 0 Å². The zero-order valence-corrected chi connectivity index (χ0v) is 13.8. The Balaban J connectivity index is 1.60. The predicted molar refractivity (Wildman–Crippen MR) is 88.0 cm³/mol. The second-order valence-corrected chi connectivity index (χ2v) is 7.37.